The SMILES string of the molecule is CC(CC(=O)c1ccccc1)=Nc1ccccc1P(c1ccccc1)c1ccccc1. The van der Waals surface area contributed by atoms with E-state index in [1.54, 1.807) is 0 Å². The molecule has 0 aliphatic rings. The lowest BCUT2D eigenvalue weighted by Crippen LogP contribution is -2.21. The van der Waals surface area contributed by atoms with Gasteiger partial charge < -0.3 is 0 Å². The molecule has 0 atom stereocenters. The average Bonchev–Trinajstić information content (AvgIpc) is 2.82. The van der Waals surface area contributed by atoms with Crippen LogP contribution < -0.4 is 15.9 Å². The highest BCUT2D eigenvalue weighted by atomic mass is 31.1. The van der Waals surface area contributed by atoms with Crippen molar-refractivity contribution in [2.75, 3.05) is 0 Å². The third-order valence-corrected chi connectivity index (χ3v) is 7.46. The number of benzene rings is 4. The summed E-state index contributed by atoms with van der Waals surface area (Å²) in [5.74, 6) is 0.0905. The van der Waals surface area contributed by atoms with Crippen molar-refractivity contribution < 1.29 is 4.79 Å². The lowest BCUT2D eigenvalue weighted by atomic mass is 10.1. The van der Waals surface area contributed by atoms with Crippen LogP contribution in [-0.4, -0.2) is 11.5 Å². The number of carbonyl (C=O) groups excluding carboxylic acids is 1. The molecule has 0 spiro atoms. The smallest absolute Gasteiger partial charge is 0.168 e. The van der Waals surface area contributed by atoms with E-state index in [1.165, 1.54) is 15.9 Å². The van der Waals surface area contributed by atoms with Gasteiger partial charge in [-0.1, -0.05) is 109 Å². The van der Waals surface area contributed by atoms with Crippen LogP contribution in [0, 0.1) is 0 Å². The van der Waals surface area contributed by atoms with Crippen LogP contribution in [0.3, 0.4) is 0 Å². The maximum Gasteiger partial charge on any atom is 0.168 e. The molecule has 4 aromatic rings. The van der Waals surface area contributed by atoms with Crippen molar-refractivity contribution in [3.8, 4) is 0 Å². The van der Waals surface area contributed by atoms with Gasteiger partial charge in [0.25, 0.3) is 0 Å². The van der Waals surface area contributed by atoms with E-state index in [0.29, 0.717) is 6.42 Å². The number of hydrogen-bond acceptors (Lipinski definition) is 2. The third-order valence-electron chi connectivity index (χ3n) is 4.97. The number of Topliss-reactive ketones (excluding diaryl/α,β-unsaturated/α-hetero) is 1. The summed E-state index contributed by atoms with van der Waals surface area (Å²) in [5.41, 5.74) is 2.47. The summed E-state index contributed by atoms with van der Waals surface area (Å²) in [7, 11) is -0.754. The molecule has 3 heteroatoms. The van der Waals surface area contributed by atoms with Crippen molar-refractivity contribution >= 4 is 41.0 Å². The summed E-state index contributed by atoms with van der Waals surface area (Å²) in [6.07, 6.45) is 0.312. The van der Waals surface area contributed by atoms with E-state index in [9.17, 15) is 4.79 Å². The van der Waals surface area contributed by atoms with Gasteiger partial charge >= 0.3 is 0 Å². The summed E-state index contributed by atoms with van der Waals surface area (Å²) in [5, 5.41) is 3.76. The van der Waals surface area contributed by atoms with Crippen molar-refractivity contribution in [1.29, 1.82) is 0 Å². The van der Waals surface area contributed by atoms with Gasteiger partial charge in [-0.15, -0.1) is 0 Å². The summed E-state index contributed by atoms with van der Waals surface area (Å²) in [4.78, 5) is 17.5. The van der Waals surface area contributed by atoms with Crippen LogP contribution in [0.1, 0.15) is 23.7 Å². The van der Waals surface area contributed by atoms with Crippen molar-refractivity contribution in [2.24, 2.45) is 4.99 Å². The van der Waals surface area contributed by atoms with Gasteiger partial charge in [0.1, 0.15) is 0 Å². The molecule has 0 bridgehead atoms. The Balaban J connectivity index is 1.71. The van der Waals surface area contributed by atoms with Gasteiger partial charge in [0.05, 0.1) is 5.69 Å². The van der Waals surface area contributed by atoms with Gasteiger partial charge in [-0.05, 0) is 31.5 Å². The van der Waals surface area contributed by atoms with Gasteiger partial charge in [0, 0.05) is 23.0 Å². The Morgan fingerprint density at radius 2 is 1.16 bits per heavy atom. The molecule has 0 fully saturated rings. The summed E-state index contributed by atoms with van der Waals surface area (Å²) < 4.78 is 0. The molecule has 0 saturated carbocycles. The number of rotatable bonds is 7. The molecule has 0 aliphatic carbocycles. The van der Waals surface area contributed by atoms with E-state index in [1.807, 2.05) is 61.5 Å². The van der Waals surface area contributed by atoms with Crippen molar-refractivity contribution in [3.63, 3.8) is 0 Å². The molecule has 152 valence electrons. The first-order valence-electron chi connectivity index (χ1n) is 10.3. The zero-order valence-corrected chi connectivity index (χ0v) is 18.4. The van der Waals surface area contributed by atoms with Crippen LogP contribution in [0.2, 0.25) is 0 Å². The first-order valence-corrected chi connectivity index (χ1v) is 11.7. The largest absolute Gasteiger partial charge is 0.294 e. The minimum absolute atomic E-state index is 0.0905. The highest BCUT2D eigenvalue weighted by Gasteiger charge is 2.19. The van der Waals surface area contributed by atoms with Crippen LogP contribution in [0.5, 0.6) is 0 Å². The molecule has 4 aromatic carbocycles. The van der Waals surface area contributed by atoms with Gasteiger partial charge in [-0.25, -0.2) is 0 Å². The second-order valence-electron chi connectivity index (χ2n) is 7.31. The fraction of sp³-hybridized carbons (Fsp3) is 0.0714. The van der Waals surface area contributed by atoms with Crippen molar-refractivity contribution in [3.05, 3.63) is 121 Å². The quantitative estimate of drug-likeness (QED) is 0.210. The molecule has 0 aliphatic heterocycles. The number of para-hydroxylation sites is 1. The van der Waals surface area contributed by atoms with E-state index in [2.05, 4.69) is 60.7 Å². The van der Waals surface area contributed by atoms with Gasteiger partial charge in [-0.2, -0.15) is 0 Å². The topological polar surface area (TPSA) is 29.4 Å². The highest BCUT2D eigenvalue weighted by Crippen LogP contribution is 2.36. The third kappa shape index (κ3) is 5.23. The number of aliphatic imine (C=N–C) groups is 1. The van der Waals surface area contributed by atoms with Crippen LogP contribution >= 0.6 is 7.92 Å². The normalized spacial score (nSPS) is 11.5. The van der Waals surface area contributed by atoms with Gasteiger partial charge in [0.2, 0.25) is 0 Å². The number of ketones is 1. The molecule has 0 aromatic heterocycles. The lowest BCUT2D eigenvalue weighted by molar-refractivity contribution is 0.100. The van der Waals surface area contributed by atoms with Crippen molar-refractivity contribution in [2.45, 2.75) is 13.3 Å². The first kappa shape index (κ1) is 20.9. The van der Waals surface area contributed by atoms with Gasteiger partial charge in [0.15, 0.2) is 5.78 Å². The molecule has 2 nitrogen and oxygen atoms in total. The molecule has 0 saturated heterocycles. The fourth-order valence-corrected chi connectivity index (χ4v) is 5.92. The Morgan fingerprint density at radius 3 is 1.74 bits per heavy atom. The molecular formula is C28H24NOP. The Hall–Kier alpha value is -3.35. The first-order chi connectivity index (χ1) is 15.2. The highest BCUT2D eigenvalue weighted by molar-refractivity contribution is 7.80. The molecule has 0 N–H and O–H groups in total. The van der Waals surface area contributed by atoms with E-state index < -0.39 is 7.92 Å². The Kier molecular flexibility index (Phi) is 6.82. The average molecular weight is 421 g/mol. The maximum atomic E-state index is 12.6. The number of nitrogens with zero attached hydrogens (tertiary/aromatic N) is 1. The number of carbonyl (C=O) groups is 1. The van der Waals surface area contributed by atoms with E-state index in [-0.39, 0.29) is 5.78 Å². The molecule has 0 heterocycles. The van der Waals surface area contributed by atoms with E-state index in [0.717, 1.165) is 17.0 Å². The predicted molar refractivity (Wildman–Crippen MR) is 133 cm³/mol. The van der Waals surface area contributed by atoms with Crippen LogP contribution in [0.25, 0.3) is 0 Å². The van der Waals surface area contributed by atoms with Crippen LogP contribution in [-0.2, 0) is 0 Å². The molecule has 0 radical (unpaired) electrons. The molecule has 0 amide bonds. The second kappa shape index (κ2) is 10.1. The maximum absolute atomic E-state index is 12.6. The predicted octanol–water partition coefficient (Wildman–Crippen LogP) is 5.81. The standard InChI is InChI=1S/C28H24NOP/c1-22(21-27(30)23-13-5-2-6-14-23)29-26-19-11-12-20-28(26)31(24-15-7-3-8-16-24)25-17-9-4-10-18-25/h2-20H,21H2,1H3. The second-order valence-corrected chi connectivity index (χ2v) is 9.49. The minimum atomic E-state index is -0.754. The summed E-state index contributed by atoms with van der Waals surface area (Å²) in [6.45, 7) is 1.94. The van der Waals surface area contributed by atoms with Crippen LogP contribution in [0.15, 0.2) is 120 Å². The Morgan fingerprint density at radius 1 is 0.677 bits per heavy atom. The van der Waals surface area contributed by atoms with Crippen molar-refractivity contribution in [1.82, 2.24) is 0 Å². The fourth-order valence-electron chi connectivity index (χ4n) is 3.53. The summed E-state index contributed by atoms with van der Waals surface area (Å²) >= 11 is 0. The monoisotopic (exact) mass is 421 g/mol. The van der Waals surface area contributed by atoms with Crippen LogP contribution in [0.4, 0.5) is 5.69 Å². The molecule has 4 rings (SSSR count). The minimum Gasteiger partial charge on any atom is -0.294 e. The molecule has 0 unspecified atom stereocenters. The molecule has 31 heavy (non-hydrogen) atoms. The van der Waals surface area contributed by atoms with Gasteiger partial charge in [-0.3, -0.25) is 9.79 Å². The van der Waals surface area contributed by atoms with E-state index >= 15 is 0 Å². The Bertz CT molecular complexity index is 1130. The summed E-state index contributed by atoms with van der Waals surface area (Å²) in [6, 6.07) is 38.9. The Labute approximate surface area is 185 Å². The van der Waals surface area contributed by atoms with E-state index in [4.69, 9.17) is 4.99 Å². The lowest BCUT2D eigenvalue weighted by Gasteiger charge is -2.21. The number of hydrogen-bond donors (Lipinski definition) is 0. The zero-order valence-electron chi connectivity index (χ0n) is 17.5. The zero-order chi connectivity index (χ0) is 21.5. The molecular weight excluding hydrogens is 397 g/mol.